The molecule has 2 N–H and O–H groups in total. The lowest BCUT2D eigenvalue weighted by molar-refractivity contribution is -0.147. The zero-order chi connectivity index (χ0) is 11.4. The van der Waals surface area contributed by atoms with E-state index in [0.717, 1.165) is 6.07 Å². The van der Waals surface area contributed by atoms with Crippen molar-refractivity contribution < 1.29 is 24.1 Å². The van der Waals surface area contributed by atoms with Crippen molar-refractivity contribution in [3.8, 4) is 0 Å². The summed E-state index contributed by atoms with van der Waals surface area (Å²) < 4.78 is 18.0. The van der Waals surface area contributed by atoms with Crippen molar-refractivity contribution in [2.75, 3.05) is 7.11 Å². The maximum atomic E-state index is 13.2. The first-order valence-electron chi connectivity index (χ1n) is 4.24. The van der Waals surface area contributed by atoms with Crippen LogP contribution in [0.5, 0.6) is 0 Å². The first-order valence-corrected chi connectivity index (χ1v) is 4.24. The van der Waals surface area contributed by atoms with Gasteiger partial charge in [-0.25, -0.2) is 9.18 Å². The number of aliphatic carboxylic acids is 1. The highest BCUT2D eigenvalue weighted by Crippen LogP contribution is 2.19. The van der Waals surface area contributed by atoms with Crippen LogP contribution in [0.4, 0.5) is 4.39 Å². The Hall–Kier alpha value is -1.46. The minimum absolute atomic E-state index is 0.236. The minimum atomic E-state index is -1.85. The highest BCUT2D eigenvalue weighted by Gasteiger charge is 2.20. The summed E-state index contributed by atoms with van der Waals surface area (Å²) in [6.07, 6.45) is -1.85. The summed E-state index contributed by atoms with van der Waals surface area (Å²) >= 11 is 0. The van der Waals surface area contributed by atoms with E-state index in [1.807, 2.05) is 0 Å². The van der Waals surface area contributed by atoms with Crippen LogP contribution in [0, 0.1) is 5.82 Å². The number of benzene rings is 1. The Bertz CT molecular complexity index is 364. The van der Waals surface area contributed by atoms with Gasteiger partial charge in [-0.15, -0.1) is 0 Å². The van der Waals surface area contributed by atoms with Gasteiger partial charge in [0.05, 0.1) is 6.61 Å². The quantitative estimate of drug-likeness (QED) is 0.787. The van der Waals surface area contributed by atoms with Crippen molar-refractivity contribution in [3.63, 3.8) is 0 Å². The molecule has 1 aromatic rings. The third kappa shape index (κ3) is 2.74. The summed E-state index contributed by atoms with van der Waals surface area (Å²) in [7, 11) is 1.47. The van der Waals surface area contributed by atoms with Gasteiger partial charge < -0.3 is 14.9 Å². The van der Waals surface area contributed by atoms with Crippen LogP contribution in [0.25, 0.3) is 0 Å². The van der Waals surface area contributed by atoms with E-state index in [9.17, 15) is 14.3 Å². The number of hydrogen-bond donors (Lipinski definition) is 2. The van der Waals surface area contributed by atoms with Gasteiger partial charge in [0.1, 0.15) is 5.82 Å². The fourth-order valence-electron chi connectivity index (χ4n) is 1.19. The zero-order valence-electron chi connectivity index (χ0n) is 8.11. The van der Waals surface area contributed by atoms with Crippen LogP contribution < -0.4 is 0 Å². The summed E-state index contributed by atoms with van der Waals surface area (Å²) in [5.41, 5.74) is 0.353. The highest BCUT2D eigenvalue weighted by molar-refractivity contribution is 5.74. The maximum Gasteiger partial charge on any atom is 0.337 e. The Morgan fingerprint density at radius 2 is 2.27 bits per heavy atom. The predicted molar refractivity (Wildman–Crippen MR) is 49.7 cm³/mol. The van der Waals surface area contributed by atoms with E-state index >= 15 is 0 Å². The first-order chi connectivity index (χ1) is 7.06. The van der Waals surface area contributed by atoms with Crippen LogP contribution in [0.15, 0.2) is 18.2 Å². The Morgan fingerprint density at radius 1 is 1.60 bits per heavy atom. The lowest BCUT2D eigenvalue weighted by Crippen LogP contribution is -2.12. The molecular formula is C10H11FO4. The molecule has 0 aliphatic heterocycles. The topological polar surface area (TPSA) is 66.8 Å². The number of halogens is 1. The van der Waals surface area contributed by atoms with E-state index in [2.05, 4.69) is 0 Å². The number of aliphatic hydroxyl groups is 1. The molecule has 4 nitrogen and oxygen atoms in total. The molecule has 5 heteroatoms. The van der Waals surface area contributed by atoms with Crippen LogP contribution in [0.3, 0.4) is 0 Å². The molecular weight excluding hydrogens is 203 g/mol. The molecule has 0 saturated carbocycles. The smallest absolute Gasteiger partial charge is 0.337 e. The summed E-state index contributed by atoms with van der Waals surface area (Å²) in [6, 6.07) is 3.85. The number of carboxylic acid groups (broad SMARTS) is 1. The second kappa shape index (κ2) is 4.86. The van der Waals surface area contributed by atoms with Gasteiger partial charge in [-0.3, -0.25) is 0 Å². The first kappa shape index (κ1) is 11.6. The van der Waals surface area contributed by atoms with Gasteiger partial charge >= 0.3 is 5.97 Å². The molecule has 0 aliphatic rings. The molecule has 0 aromatic heterocycles. The van der Waals surface area contributed by atoms with E-state index in [0.29, 0.717) is 5.56 Å². The van der Waals surface area contributed by atoms with Gasteiger partial charge in [0.25, 0.3) is 0 Å². The molecule has 82 valence electrons. The fourth-order valence-corrected chi connectivity index (χ4v) is 1.19. The minimum Gasteiger partial charge on any atom is -0.479 e. The number of carbonyl (C=O) groups is 1. The average molecular weight is 214 g/mol. The lowest BCUT2D eigenvalue weighted by Gasteiger charge is -2.09. The third-order valence-electron chi connectivity index (χ3n) is 1.90. The van der Waals surface area contributed by atoms with Gasteiger partial charge in [0, 0.05) is 12.7 Å². The summed E-state index contributed by atoms with van der Waals surface area (Å²) in [4.78, 5) is 10.5. The standard InChI is InChI=1S/C10H11FO4/c1-15-5-6-2-3-8(11)7(4-6)9(12)10(13)14/h2-4,9,12H,5H2,1H3,(H,13,14). The molecule has 0 radical (unpaired) electrons. The normalized spacial score (nSPS) is 12.5. The second-order valence-corrected chi connectivity index (χ2v) is 3.03. The molecule has 0 spiro atoms. The summed E-state index contributed by atoms with van der Waals surface area (Å²) in [5.74, 6) is -2.23. The largest absolute Gasteiger partial charge is 0.479 e. The molecule has 0 aliphatic carbocycles. The summed E-state index contributed by atoms with van der Waals surface area (Å²) in [6.45, 7) is 0.236. The van der Waals surface area contributed by atoms with Crippen molar-refractivity contribution in [1.82, 2.24) is 0 Å². The van der Waals surface area contributed by atoms with Crippen LogP contribution in [0.2, 0.25) is 0 Å². The van der Waals surface area contributed by atoms with Crippen LogP contribution >= 0.6 is 0 Å². The molecule has 1 atom stereocenters. The SMILES string of the molecule is COCc1ccc(F)c(C(O)C(=O)O)c1. The molecule has 0 bridgehead atoms. The van der Waals surface area contributed by atoms with E-state index in [1.165, 1.54) is 19.2 Å². The highest BCUT2D eigenvalue weighted by atomic mass is 19.1. The molecule has 1 aromatic carbocycles. The number of ether oxygens (including phenoxy) is 1. The average Bonchev–Trinajstić information content (AvgIpc) is 2.20. The van der Waals surface area contributed by atoms with Gasteiger partial charge in [0.2, 0.25) is 0 Å². The van der Waals surface area contributed by atoms with Gasteiger partial charge in [-0.05, 0) is 17.7 Å². The summed E-state index contributed by atoms with van der Waals surface area (Å²) in [5, 5.41) is 17.7. The van der Waals surface area contributed by atoms with E-state index in [1.54, 1.807) is 0 Å². The molecule has 0 amide bonds. The molecule has 0 fully saturated rings. The van der Waals surface area contributed by atoms with E-state index in [4.69, 9.17) is 9.84 Å². The fraction of sp³-hybridized carbons (Fsp3) is 0.300. The molecule has 1 rings (SSSR count). The van der Waals surface area contributed by atoms with Crippen molar-refractivity contribution in [3.05, 3.63) is 35.1 Å². The van der Waals surface area contributed by atoms with Crippen LogP contribution in [-0.4, -0.2) is 23.3 Å². The molecule has 0 heterocycles. The Kier molecular flexibility index (Phi) is 3.76. The van der Waals surface area contributed by atoms with Crippen molar-refractivity contribution in [1.29, 1.82) is 0 Å². The monoisotopic (exact) mass is 214 g/mol. The maximum absolute atomic E-state index is 13.2. The Balaban J connectivity index is 3.04. The lowest BCUT2D eigenvalue weighted by atomic mass is 10.1. The van der Waals surface area contributed by atoms with Crippen molar-refractivity contribution in [2.45, 2.75) is 12.7 Å². The van der Waals surface area contributed by atoms with Crippen LogP contribution in [0.1, 0.15) is 17.2 Å². The Morgan fingerprint density at radius 3 is 2.80 bits per heavy atom. The molecule has 1 unspecified atom stereocenters. The number of carboxylic acids is 1. The third-order valence-corrected chi connectivity index (χ3v) is 1.90. The van der Waals surface area contributed by atoms with Crippen LogP contribution in [-0.2, 0) is 16.1 Å². The van der Waals surface area contributed by atoms with Gasteiger partial charge in [-0.1, -0.05) is 6.07 Å². The molecule has 15 heavy (non-hydrogen) atoms. The molecule has 0 saturated heterocycles. The zero-order valence-corrected chi connectivity index (χ0v) is 8.11. The number of hydrogen-bond acceptors (Lipinski definition) is 3. The predicted octanol–water partition coefficient (Wildman–Crippen LogP) is 1.09. The second-order valence-electron chi connectivity index (χ2n) is 3.03. The van der Waals surface area contributed by atoms with E-state index in [-0.39, 0.29) is 12.2 Å². The van der Waals surface area contributed by atoms with E-state index < -0.39 is 17.9 Å². The van der Waals surface area contributed by atoms with Gasteiger partial charge in [-0.2, -0.15) is 0 Å². The number of rotatable bonds is 4. The van der Waals surface area contributed by atoms with Gasteiger partial charge in [0.15, 0.2) is 6.10 Å². The number of aliphatic hydroxyl groups excluding tert-OH is 1. The van der Waals surface area contributed by atoms with Crippen molar-refractivity contribution in [2.24, 2.45) is 0 Å². The van der Waals surface area contributed by atoms with Crippen molar-refractivity contribution >= 4 is 5.97 Å². The number of methoxy groups -OCH3 is 1. The Labute approximate surface area is 85.9 Å².